The number of aromatic nitrogens is 2. The number of carbonyl (C=O) groups is 1. The van der Waals surface area contributed by atoms with Crippen molar-refractivity contribution in [2.24, 2.45) is 41.2 Å². The second-order valence-electron chi connectivity index (χ2n) is 12.9. The zero-order valence-corrected chi connectivity index (χ0v) is 25.1. The van der Waals surface area contributed by atoms with Gasteiger partial charge in [-0.2, -0.15) is 10.2 Å². The van der Waals surface area contributed by atoms with Crippen molar-refractivity contribution >= 4 is 17.7 Å². The topological polar surface area (TPSA) is 138 Å². The zero-order valence-electron chi connectivity index (χ0n) is 25.1. The summed E-state index contributed by atoms with van der Waals surface area (Å²) in [5.74, 6) is 3.10. The molecular formula is C32H42F3N7O2. The fourth-order valence-corrected chi connectivity index (χ4v) is 7.70. The number of ether oxygens (including phenoxy) is 1. The first-order valence-electron chi connectivity index (χ1n) is 15.7. The summed E-state index contributed by atoms with van der Waals surface area (Å²) in [6.45, 7) is 4.04. The van der Waals surface area contributed by atoms with E-state index in [2.05, 4.69) is 43.6 Å². The first-order chi connectivity index (χ1) is 21.1. The molecule has 5 N–H and O–H groups in total. The van der Waals surface area contributed by atoms with Gasteiger partial charge >= 0.3 is 6.36 Å². The van der Waals surface area contributed by atoms with E-state index in [-0.39, 0.29) is 30.1 Å². The predicted octanol–water partition coefficient (Wildman–Crippen LogP) is 5.59. The first kappa shape index (κ1) is 31.8. The summed E-state index contributed by atoms with van der Waals surface area (Å²) in [6.07, 6.45) is 5.16. The molecule has 2 aromatic rings. The van der Waals surface area contributed by atoms with Crippen LogP contribution in [-0.4, -0.2) is 41.4 Å². The van der Waals surface area contributed by atoms with Crippen LogP contribution >= 0.6 is 0 Å². The van der Waals surface area contributed by atoms with E-state index in [1.807, 2.05) is 0 Å². The number of alkyl halides is 3. The van der Waals surface area contributed by atoms with Crippen LogP contribution in [0.25, 0.3) is 0 Å². The van der Waals surface area contributed by atoms with Gasteiger partial charge in [0.1, 0.15) is 23.2 Å². The van der Waals surface area contributed by atoms with Gasteiger partial charge in [0.15, 0.2) is 0 Å². The van der Waals surface area contributed by atoms with Gasteiger partial charge in [-0.25, -0.2) is 4.98 Å². The van der Waals surface area contributed by atoms with Crippen LogP contribution in [0.5, 0.6) is 5.75 Å². The minimum atomic E-state index is -4.80. The molecule has 1 aromatic heterocycles. The number of primary amides is 1. The van der Waals surface area contributed by atoms with Gasteiger partial charge in [0, 0.05) is 30.6 Å². The Morgan fingerprint density at radius 2 is 1.84 bits per heavy atom. The third kappa shape index (κ3) is 8.31. The van der Waals surface area contributed by atoms with E-state index in [4.69, 9.17) is 5.73 Å². The number of nitriles is 1. The van der Waals surface area contributed by atoms with E-state index < -0.39 is 6.36 Å². The van der Waals surface area contributed by atoms with E-state index in [1.165, 1.54) is 37.2 Å². The maximum atomic E-state index is 12.8. The monoisotopic (exact) mass is 613 g/mol. The Kier molecular flexibility index (Phi) is 10.1. The smallest absolute Gasteiger partial charge is 0.405 e. The van der Waals surface area contributed by atoms with Crippen LogP contribution in [0, 0.1) is 46.8 Å². The van der Waals surface area contributed by atoms with Gasteiger partial charge in [0.05, 0.1) is 6.20 Å². The molecular weight excluding hydrogens is 571 g/mol. The number of hydrogen-bond donors (Lipinski definition) is 4. The van der Waals surface area contributed by atoms with Crippen molar-refractivity contribution in [2.75, 3.05) is 23.7 Å². The summed E-state index contributed by atoms with van der Waals surface area (Å²) in [7, 11) is 0. The van der Waals surface area contributed by atoms with E-state index in [9.17, 15) is 23.2 Å². The quantitative estimate of drug-likeness (QED) is 0.257. The number of nitrogens with one attached hydrogen (secondary N) is 3. The molecule has 2 bridgehead atoms. The highest BCUT2D eigenvalue weighted by Gasteiger charge is 2.41. The Morgan fingerprint density at radius 1 is 1.07 bits per heavy atom. The van der Waals surface area contributed by atoms with Crippen LogP contribution in [0.2, 0.25) is 0 Å². The molecule has 3 aliphatic rings. The van der Waals surface area contributed by atoms with Crippen LogP contribution in [-0.2, 0) is 11.3 Å². The molecule has 0 aliphatic heterocycles. The van der Waals surface area contributed by atoms with E-state index >= 15 is 0 Å². The highest BCUT2D eigenvalue weighted by Crippen LogP contribution is 2.45. The summed E-state index contributed by atoms with van der Waals surface area (Å²) in [4.78, 5) is 20.2. The number of nitrogens with zero attached hydrogens (tertiary/aromatic N) is 3. The number of anilines is 2. The largest absolute Gasteiger partial charge is 0.573 e. The molecule has 9 nitrogen and oxygen atoms in total. The Bertz CT molecular complexity index is 1320. The standard InChI is InChI=1S/C32H42F3N7O2/c1-19-10-21-11-22(13-25(12-21)28(19)38-15-20-6-8-23(9-7-20)29(37)43)16-39-30-26(14-36)18-41-31(42-30)40-17-24-4-2-3-5-27(24)44-32(33,34)35/h2-5,18-23,25,28,38H,6-13,15-17H2,1H3,(H2,37,43)(H2,39,40,41,42)/t19-,20-,21?,22-,23-,25-,28+/m1/s1. The molecule has 0 saturated heterocycles. The molecule has 3 fully saturated rings. The Hall–Kier alpha value is -3.59. The number of hydrogen-bond acceptors (Lipinski definition) is 8. The van der Waals surface area contributed by atoms with Crippen molar-refractivity contribution in [3.05, 3.63) is 41.6 Å². The Balaban J connectivity index is 1.16. The maximum absolute atomic E-state index is 12.8. The van der Waals surface area contributed by atoms with Gasteiger partial charge in [-0.15, -0.1) is 13.2 Å². The molecule has 44 heavy (non-hydrogen) atoms. The van der Waals surface area contributed by atoms with Crippen molar-refractivity contribution in [3.63, 3.8) is 0 Å². The first-order valence-corrected chi connectivity index (χ1v) is 15.7. The summed E-state index contributed by atoms with van der Waals surface area (Å²) >= 11 is 0. The number of para-hydroxylation sites is 1. The lowest BCUT2D eigenvalue weighted by molar-refractivity contribution is -0.274. The predicted molar refractivity (Wildman–Crippen MR) is 160 cm³/mol. The summed E-state index contributed by atoms with van der Waals surface area (Å²) < 4.78 is 42.5. The van der Waals surface area contributed by atoms with E-state index in [0.29, 0.717) is 59.1 Å². The average Bonchev–Trinajstić information content (AvgIpc) is 2.98. The minimum Gasteiger partial charge on any atom is -0.405 e. The molecule has 1 unspecified atom stereocenters. The number of carbonyl (C=O) groups excluding carboxylic acids is 1. The average molecular weight is 614 g/mol. The molecule has 5 atom stereocenters. The third-order valence-corrected chi connectivity index (χ3v) is 9.76. The van der Waals surface area contributed by atoms with Crippen LogP contribution in [0.3, 0.4) is 0 Å². The SMILES string of the molecule is C[C@@H]1CC2C[C@@H](CNc3nc(NCc4ccccc4OC(F)(F)F)ncc3C#N)C[C@@H](C2)[C@H]1NC[C@H]1CC[C@H](C(N)=O)CC1. The van der Waals surface area contributed by atoms with E-state index in [0.717, 1.165) is 45.1 Å². The lowest BCUT2D eigenvalue weighted by atomic mass is 9.62. The number of nitrogens with two attached hydrogens (primary N) is 1. The van der Waals surface area contributed by atoms with Crippen molar-refractivity contribution in [1.82, 2.24) is 15.3 Å². The number of halogens is 3. The molecule has 1 aromatic carbocycles. The Morgan fingerprint density at radius 3 is 2.57 bits per heavy atom. The van der Waals surface area contributed by atoms with Crippen LogP contribution in [0.15, 0.2) is 30.5 Å². The minimum absolute atomic E-state index is 0.0166. The number of amides is 1. The van der Waals surface area contributed by atoms with Crippen molar-refractivity contribution in [1.29, 1.82) is 5.26 Å². The second-order valence-corrected chi connectivity index (χ2v) is 12.9. The number of rotatable bonds is 11. The molecule has 3 aliphatic carbocycles. The third-order valence-electron chi connectivity index (χ3n) is 9.76. The fraction of sp³-hybridized carbons (Fsp3) is 0.625. The van der Waals surface area contributed by atoms with Gasteiger partial charge in [-0.05, 0) is 93.6 Å². The molecule has 238 valence electrons. The maximum Gasteiger partial charge on any atom is 0.573 e. The molecule has 1 heterocycles. The molecule has 0 spiro atoms. The summed E-state index contributed by atoms with van der Waals surface area (Å²) in [6, 6.07) is 8.50. The van der Waals surface area contributed by atoms with Crippen molar-refractivity contribution in [3.8, 4) is 11.8 Å². The van der Waals surface area contributed by atoms with Crippen LogP contribution in [0.4, 0.5) is 24.9 Å². The zero-order chi connectivity index (χ0) is 31.3. The lowest BCUT2D eigenvalue weighted by Crippen LogP contribution is -2.50. The number of benzene rings is 1. The molecule has 3 saturated carbocycles. The molecule has 1 amide bonds. The van der Waals surface area contributed by atoms with Gasteiger partial charge < -0.3 is 26.4 Å². The molecule has 12 heteroatoms. The van der Waals surface area contributed by atoms with Crippen molar-refractivity contribution in [2.45, 2.75) is 77.2 Å². The highest BCUT2D eigenvalue weighted by molar-refractivity contribution is 5.76. The van der Waals surface area contributed by atoms with Crippen LogP contribution in [0.1, 0.15) is 69.4 Å². The van der Waals surface area contributed by atoms with Gasteiger partial charge in [0.25, 0.3) is 0 Å². The lowest BCUT2D eigenvalue weighted by Gasteiger charge is -2.48. The number of fused-ring (bicyclic) bond motifs is 2. The summed E-state index contributed by atoms with van der Waals surface area (Å²) in [5, 5.41) is 19.9. The van der Waals surface area contributed by atoms with Gasteiger partial charge in [-0.3, -0.25) is 4.79 Å². The molecule has 0 radical (unpaired) electrons. The Labute approximate surface area is 256 Å². The highest BCUT2D eigenvalue weighted by atomic mass is 19.4. The molecule has 5 rings (SSSR count). The van der Waals surface area contributed by atoms with E-state index in [1.54, 1.807) is 6.07 Å². The summed E-state index contributed by atoms with van der Waals surface area (Å²) in [5.41, 5.74) is 6.13. The van der Waals surface area contributed by atoms with Gasteiger partial charge in [0.2, 0.25) is 11.9 Å². The normalized spacial score (nSPS) is 28.5. The van der Waals surface area contributed by atoms with Crippen molar-refractivity contribution < 1.29 is 22.7 Å². The second kappa shape index (κ2) is 14.0. The van der Waals surface area contributed by atoms with Gasteiger partial charge in [-0.1, -0.05) is 25.1 Å². The van der Waals surface area contributed by atoms with Crippen LogP contribution < -0.4 is 26.4 Å². The fourth-order valence-electron chi connectivity index (χ4n) is 7.70.